The van der Waals surface area contributed by atoms with E-state index in [-0.39, 0.29) is 30.2 Å². The van der Waals surface area contributed by atoms with Crippen molar-refractivity contribution in [2.24, 2.45) is 5.16 Å². The summed E-state index contributed by atoms with van der Waals surface area (Å²) in [6, 6.07) is 3.03. The first-order chi connectivity index (χ1) is 14.4. The van der Waals surface area contributed by atoms with Crippen molar-refractivity contribution in [2.75, 3.05) is 19.0 Å². The third-order valence-corrected chi connectivity index (χ3v) is 6.43. The molecule has 10 nitrogen and oxygen atoms in total. The number of hydrogen-bond acceptors (Lipinski definition) is 9. The van der Waals surface area contributed by atoms with Gasteiger partial charge in [-0.1, -0.05) is 11.2 Å². The number of hydrogen-bond donors (Lipinski definition) is 2. The molecule has 0 aliphatic carbocycles. The number of rotatable bonds is 9. The van der Waals surface area contributed by atoms with Crippen molar-refractivity contribution in [1.29, 1.82) is 0 Å². The van der Waals surface area contributed by atoms with Crippen molar-refractivity contribution in [3.63, 3.8) is 0 Å². The van der Waals surface area contributed by atoms with E-state index >= 15 is 0 Å². The highest BCUT2D eigenvalue weighted by molar-refractivity contribution is 8.00. The SMILES string of the molecule is CC(=O)OCC1=C(/C=N/OCC(=O)O)N2C(=O)[C@@H](NC(=O)Cc3cccs3)[C@H]2SC1. The van der Waals surface area contributed by atoms with Crippen LogP contribution < -0.4 is 5.32 Å². The van der Waals surface area contributed by atoms with Gasteiger partial charge in [0.25, 0.3) is 5.91 Å². The Labute approximate surface area is 179 Å². The molecule has 2 N–H and O–H groups in total. The van der Waals surface area contributed by atoms with Crippen molar-refractivity contribution in [1.82, 2.24) is 10.2 Å². The number of thiophene rings is 1. The van der Waals surface area contributed by atoms with E-state index in [9.17, 15) is 19.2 Å². The number of thioether (sulfide) groups is 1. The molecule has 0 saturated carbocycles. The van der Waals surface area contributed by atoms with Gasteiger partial charge in [0.1, 0.15) is 18.0 Å². The minimum Gasteiger partial charge on any atom is -0.479 e. The molecular formula is C18H19N3O7S2. The molecule has 0 radical (unpaired) electrons. The topological polar surface area (TPSA) is 135 Å². The Hall–Kier alpha value is -2.86. The third kappa shape index (κ3) is 5.19. The minimum atomic E-state index is -1.19. The van der Waals surface area contributed by atoms with Crippen LogP contribution in [0.2, 0.25) is 0 Å². The Morgan fingerprint density at radius 2 is 2.23 bits per heavy atom. The van der Waals surface area contributed by atoms with Crippen LogP contribution in [0.3, 0.4) is 0 Å². The highest BCUT2D eigenvalue weighted by atomic mass is 32.2. The number of fused-ring (bicyclic) bond motifs is 1. The molecular weight excluding hydrogens is 434 g/mol. The average Bonchev–Trinajstić information content (AvgIpc) is 3.20. The van der Waals surface area contributed by atoms with Crippen molar-refractivity contribution in [3.05, 3.63) is 33.7 Å². The number of carboxylic acids is 1. The van der Waals surface area contributed by atoms with Crippen LogP contribution in [-0.4, -0.2) is 70.4 Å². The Morgan fingerprint density at radius 1 is 1.43 bits per heavy atom. The highest BCUT2D eigenvalue weighted by Gasteiger charge is 2.52. The summed E-state index contributed by atoms with van der Waals surface area (Å²) in [6.07, 6.45) is 1.43. The van der Waals surface area contributed by atoms with Crippen LogP contribution in [0, 0.1) is 0 Å². The second-order valence-corrected chi connectivity index (χ2v) is 8.52. The van der Waals surface area contributed by atoms with E-state index in [0.29, 0.717) is 17.0 Å². The van der Waals surface area contributed by atoms with E-state index in [1.807, 2.05) is 17.5 Å². The molecule has 2 atom stereocenters. The third-order valence-electron chi connectivity index (χ3n) is 4.21. The van der Waals surface area contributed by atoms with E-state index < -0.39 is 24.6 Å². The molecule has 160 valence electrons. The van der Waals surface area contributed by atoms with Crippen molar-refractivity contribution >= 4 is 53.1 Å². The summed E-state index contributed by atoms with van der Waals surface area (Å²) in [5.41, 5.74) is 1.00. The van der Waals surface area contributed by atoms with E-state index in [0.717, 1.165) is 4.88 Å². The number of β-lactam (4-membered cyclic amide) rings is 1. The normalized spacial score (nSPS) is 20.6. The first kappa shape index (κ1) is 21.8. The Morgan fingerprint density at radius 3 is 2.90 bits per heavy atom. The lowest BCUT2D eigenvalue weighted by Gasteiger charge is -2.49. The molecule has 2 aliphatic rings. The number of oxime groups is 1. The van der Waals surface area contributed by atoms with Crippen LogP contribution in [0.4, 0.5) is 0 Å². The second-order valence-electron chi connectivity index (χ2n) is 6.38. The largest absolute Gasteiger partial charge is 0.479 e. The maximum absolute atomic E-state index is 12.7. The smallest absolute Gasteiger partial charge is 0.344 e. The lowest BCUT2D eigenvalue weighted by molar-refractivity contribution is -0.145. The summed E-state index contributed by atoms with van der Waals surface area (Å²) in [7, 11) is 0. The molecule has 1 aromatic heterocycles. The maximum atomic E-state index is 12.7. The molecule has 0 bridgehead atoms. The fourth-order valence-corrected chi connectivity index (χ4v) is 4.94. The van der Waals surface area contributed by atoms with Gasteiger partial charge in [0, 0.05) is 23.1 Å². The van der Waals surface area contributed by atoms with Gasteiger partial charge < -0.3 is 20.0 Å². The molecule has 3 heterocycles. The van der Waals surface area contributed by atoms with Gasteiger partial charge in [0.05, 0.1) is 18.3 Å². The molecule has 30 heavy (non-hydrogen) atoms. The van der Waals surface area contributed by atoms with Crippen LogP contribution in [-0.2, 0) is 35.2 Å². The zero-order valence-corrected chi connectivity index (χ0v) is 17.5. The maximum Gasteiger partial charge on any atom is 0.344 e. The van der Waals surface area contributed by atoms with Gasteiger partial charge in [-0.25, -0.2) is 4.79 Å². The molecule has 12 heteroatoms. The van der Waals surface area contributed by atoms with Gasteiger partial charge in [0.2, 0.25) is 12.5 Å². The number of nitrogens with one attached hydrogen (secondary N) is 1. The molecule has 2 aliphatic heterocycles. The summed E-state index contributed by atoms with van der Waals surface area (Å²) >= 11 is 2.90. The van der Waals surface area contributed by atoms with Gasteiger partial charge in [-0.3, -0.25) is 19.3 Å². The van der Waals surface area contributed by atoms with Crippen LogP contribution in [0.15, 0.2) is 33.9 Å². The zero-order chi connectivity index (χ0) is 21.7. The van der Waals surface area contributed by atoms with Gasteiger partial charge in [0.15, 0.2) is 0 Å². The predicted molar refractivity (Wildman–Crippen MR) is 109 cm³/mol. The van der Waals surface area contributed by atoms with Crippen LogP contribution in [0.1, 0.15) is 11.8 Å². The van der Waals surface area contributed by atoms with Crippen molar-refractivity contribution in [2.45, 2.75) is 24.8 Å². The second kappa shape index (κ2) is 9.76. The van der Waals surface area contributed by atoms with Crippen molar-refractivity contribution in [3.8, 4) is 0 Å². The fraction of sp³-hybridized carbons (Fsp3) is 0.389. The number of nitrogens with zero attached hydrogens (tertiary/aromatic N) is 2. The summed E-state index contributed by atoms with van der Waals surface area (Å²) in [6.45, 7) is 0.613. The number of carbonyl (C=O) groups excluding carboxylic acids is 3. The number of esters is 1. The molecule has 1 aromatic rings. The standard InChI is InChI=1S/C18H19N3O7S2/c1-10(22)27-7-11-9-30-18-16(20-14(23)5-12-3-2-4-29-12)17(26)21(18)13(11)6-19-28-8-15(24)25/h2-4,6,16,18H,5,7-9H2,1H3,(H,20,23)(H,24,25)/b19-6+/t16-,18-/m1/s1. The number of aliphatic carboxylic acids is 1. The summed E-state index contributed by atoms with van der Waals surface area (Å²) in [5.74, 6) is -1.79. The first-order valence-corrected chi connectivity index (χ1v) is 10.8. The first-order valence-electron chi connectivity index (χ1n) is 8.85. The van der Waals surface area contributed by atoms with Gasteiger partial charge >= 0.3 is 11.9 Å². The number of amides is 2. The molecule has 1 fully saturated rings. The average molecular weight is 453 g/mol. The van der Waals surface area contributed by atoms with E-state index in [4.69, 9.17) is 9.84 Å². The van der Waals surface area contributed by atoms with Gasteiger partial charge in [-0.2, -0.15) is 0 Å². The summed E-state index contributed by atoms with van der Waals surface area (Å²) < 4.78 is 5.04. The summed E-state index contributed by atoms with van der Waals surface area (Å²) in [5, 5.41) is 16.5. The van der Waals surface area contributed by atoms with Crippen LogP contribution in [0.5, 0.6) is 0 Å². The Bertz CT molecular complexity index is 898. The van der Waals surface area contributed by atoms with Gasteiger partial charge in [-0.15, -0.1) is 23.1 Å². The molecule has 0 spiro atoms. The number of carboxylic acid groups (broad SMARTS) is 1. The lowest BCUT2D eigenvalue weighted by Crippen LogP contribution is -2.70. The quantitative estimate of drug-likeness (QED) is 0.240. The fourth-order valence-electron chi connectivity index (χ4n) is 2.89. The van der Waals surface area contributed by atoms with Gasteiger partial charge in [-0.05, 0) is 11.4 Å². The van der Waals surface area contributed by atoms with Crippen LogP contribution >= 0.6 is 23.1 Å². The molecule has 0 unspecified atom stereocenters. The number of ether oxygens (including phenoxy) is 1. The Balaban J connectivity index is 1.69. The number of allylic oxidation sites excluding steroid dienone is 1. The highest BCUT2D eigenvalue weighted by Crippen LogP contribution is 2.39. The van der Waals surface area contributed by atoms with E-state index in [2.05, 4.69) is 15.3 Å². The summed E-state index contributed by atoms with van der Waals surface area (Å²) in [4.78, 5) is 53.7. The van der Waals surface area contributed by atoms with Crippen LogP contribution in [0.25, 0.3) is 0 Å². The molecule has 0 aromatic carbocycles. The monoisotopic (exact) mass is 453 g/mol. The van der Waals surface area contributed by atoms with E-state index in [1.54, 1.807) is 0 Å². The lowest BCUT2D eigenvalue weighted by atomic mass is 10.0. The Kier molecular flexibility index (Phi) is 7.11. The van der Waals surface area contributed by atoms with Crippen molar-refractivity contribution < 1.29 is 33.9 Å². The molecule has 3 rings (SSSR count). The molecule has 1 saturated heterocycles. The predicted octanol–water partition coefficient (Wildman–Crippen LogP) is 0.595. The molecule has 2 amide bonds. The minimum absolute atomic E-state index is 0.0332. The zero-order valence-electron chi connectivity index (χ0n) is 15.9. The van der Waals surface area contributed by atoms with E-state index in [1.165, 1.54) is 41.1 Å². The number of carbonyl (C=O) groups is 4.